The minimum atomic E-state index is 0.0617. The average molecular weight is 253 g/mol. The van der Waals surface area contributed by atoms with Crippen molar-refractivity contribution >= 4 is 23.4 Å². The summed E-state index contributed by atoms with van der Waals surface area (Å²) in [6.45, 7) is 2.18. The van der Waals surface area contributed by atoms with Crippen LogP contribution in [0.4, 0.5) is 0 Å². The van der Waals surface area contributed by atoms with Gasteiger partial charge in [0.1, 0.15) is 0 Å². The molecule has 0 amide bonds. The summed E-state index contributed by atoms with van der Waals surface area (Å²) in [6.07, 6.45) is 3.40. The van der Waals surface area contributed by atoms with Crippen LogP contribution in [0.15, 0.2) is 30.3 Å². The molecule has 0 aliphatic rings. The first kappa shape index (κ1) is 13.5. The summed E-state index contributed by atoms with van der Waals surface area (Å²) in [4.78, 5) is 0. The summed E-state index contributed by atoms with van der Waals surface area (Å²) in [7, 11) is 0. The Hall–Kier alpha value is -0.580. The summed E-state index contributed by atoms with van der Waals surface area (Å²) in [6, 6.07) is 10.2. The quantitative estimate of drug-likeness (QED) is 0.410. The lowest BCUT2D eigenvalue weighted by Gasteiger charge is -2.05. The molecule has 1 aromatic carbocycles. The normalized spacial score (nSPS) is 11.6. The molecule has 1 atom stereocenters. The lowest BCUT2D eigenvalue weighted by Crippen LogP contribution is -1.91. The molecular formula is C14H17ClS. The second-order valence-electron chi connectivity index (χ2n) is 3.57. The molecule has 2 heteroatoms. The van der Waals surface area contributed by atoms with Gasteiger partial charge in [-0.05, 0) is 17.2 Å². The molecule has 0 radical (unpaired) electrons. The molecule has 1 unspecified atom stereocenters. The van der Waals surface area contributed by atoms with Crippen LogP contribution in [0, 0.1) is 11.2 Å². The van der Waals surface area contributed by atoms with Crippen LogP contribution in [0.2, 0.25) is 0 Å². The van der Waals surface area contributed by atoms with E-state index in [0.29, 0.717) is 0 Å². The fraction of sp³-hybridized carbons (Fsp3) is 0.429. The van der Waals surface area contributed by atoms with Gasteiger partial charge in [0, 0.05) is 12.2 Å². The maximum absolute atomic E-state index is 6.26. The highest BCUT2D eigenvalue weighted by atomic mass is 35.5. The van der Waals surface area contributed by atoms with Crippen molar-refractivity contribution in [1.29, 1.82) is 0 Å². The lowest BCUT2D eigenvalue weighted by molar-refractivity contribution is 0.828. The standard InChI is InChI=1S/C14H17ClS/c1-2-3-4-8-11-16-12-14(15)13-9-6-5-7-10-13/h5-7,9-10,14H,2-4,12H2,1H3. The fourth-order valence-corrected chi connectivity index (χ4v) is 2.20. The number of benzene rings is 1. The van der Waals surface area contributed by atoms with E-state index in [1.807, 2.05) is 18.2 Å². The second kappa shape index (κ2) is 8.56. The number of thioether (sulfide) groups is 1. The Bertz CT molecular complexity index is 337. The number of unbranched alkanes of at least 4 members (excludes halogenated alkanes) is 2. The third-order valence-electron chi connectivity index (χ3n) is 2.19. The Balaban J connectivity index is 2.24. The van der Waals surface area contributed by atoms with E-state index in [-0.39, 0.29) is 5.38 Å². The number of alkyl halides is 1. The summed E-state index contributed by atoms with van der Waals surface area (Å²) in [5.41, 5.74) is 1.17. The lowest BCUT2D eigenvalue weighted by atomic mass is 10.2. The molecule has 1 rings (SSSR count). The van der Waals surface area contributed by atoms with Gasteiger partial charge in [-0.1, -0.05) is 61.4 Å². The maximum Gasteiger partial charge on any atom is 0.0685 e. The number of rotatable bonds is 5. The molecule has 0 bridgehead atoms. The van der Waals surface area contributed by atoms with Crippen molar-refractivity contribution < 1.29 is 0 Å². The monoisotopic (exact) mass is 252 g/mol. The minimum absolute atomic E-state index is 0.0617. The largest absolute Gasteiger partial charge is 0.117 e. The van der Waals surface area contributed by atoms with Crippen LogP contribution in [0.5, 0.6) is 0 Å². The predicted molar refractivity (Wildman–Crippen MR) is 74.8 cm³/mol. The molecule has 16 heavy (non-hydrogen) atoms. The van der Waals surface area contributed by atoms with Crippen LogP contribution in [0.1, 0.15) is 37.1 Å². The Labute approximate surface area is 108 Å². The zero-order valence-electron chi connectivity index (χ0n) is 9.58. The van der Waals surface area contributed by atoms with Gasteiger partial charge in [0.25, 0.3) is 0 Å². The highest BCUT2D eigenvalue weighted by molar-refractivity contribution is 8.03. The van der Waals surface area contributed by atoms with Crippen molar-refractivity contribution in [2.75, 3.05) is 5.75 Å². The van der Waals surface area contributed by atoms with Gasteiger partial charge in [0.05, 0.1) is 5.38 Å². The Morgan fingerprint density at radius 1 is 1.31 bits per heavy atom. The van der Waals surface area contributed by atoms with E-state index in [4.69, 9.17) is 11.6 Å². The van der Waals surface area contributed by atoms with Crippen molar-refractivity contribution in [3.8, 4) is 11.2 Å². The highest BCUT2D eigenvalue weighted by Gasteiger charge is 2.05. The van der Waals surface area contributed by atoms with Gasteiger partial charge in [0.2, 0.25) is 0 Å². The van der Waals surface area contributed by atoms with E-state index >= 15 is 0 Å². The van der Waals surface area contributed by atoms with E-state index in [2.05, 4.69) is 30.2 Å². The first-order valence-corrected chi connectivity index (χ1v) is 7.05. The molecule has 0 N–H and O–H groups in total. The van der Waals surface area contributed by atoms with Crippen LogP contribution in [-0.4, -0.2) is 5.75 Å². The Morgan fingerprint density at radius 2 is 2.06 bits per heavy atom. The van der Waals surface area contributed by atoms with Gasteiger partial charge in [-0.25, -0.2) is 0 Å². The molecule has 86 valence electrons. The Morgan fingerprint density at radius 3 is 2.75 bits per heavy atom. The first-order chi connectivity index (χ1) is 7.84. The molecule has 0 saturated heterocycles. The van der Waals surface area contributed by atoms with E-state index in [1.165, 1.54) is 18.4 Å². The molecule has 0 spiro atoms. The van der Waals surface area contributed by atoms with Crippen LogP contribution >= 0.6 is 23.4 Å². The average Bonchev–Trinajstić information content (AvgIpc) is 2.34. The van der Waals surface area contributed by atoms with Gasteiger partial charge >= 0.3 is 0 Å². The van der Waals surface area contributed by atoms with Crippen LogP contribution < -0.4 is 0 Å². The van der Waals surface area contributed by atoms with Crippen LogP contribution in [-0.2, 0) is 0 Å². The summed E-state index contributed by atoms with van der Waals surface area (Å²) < 4.78 is 0. The molecule has 1 aromatic rings. The van der Waals surface area contributed by atoms with Gasteiger partial charge in [0.15, 0.2) is 0 Å². The van der Waals surface area contributed by atoms with Gasteiger partial charge < -0.3 is 0 Å². The molecule has 0 heterocycles. The smallest absolute Gasteiger partial charge is 0.0685 e. The molecular weight excluding hydrogens is 236 g/mol. The van der Waals surface area contributed by atoms with Crippen molar-refractivity contribution in [1.82, 2.24) is 0 Å². The molecule has 0 aliphatic heterocycles. The number of hydrogen-bond donors (Lipinski definition) is 0. The summed E-state index contributed by atoms with van der Waals surface area (Å²) in [5, 5.41) is 3.16. The fourth-order valence-electron chi connectivity index (χ4n) is 1.24. The molecule has 0 saturated carbocycles. The van der Waals surface area contributed by atoms with Crippen LogP contribution in [0.25, 0.3) is 0 Å². The summed E-state index contributed by atoms with van der Waals surface area (Å²) in [5.74, 6) is 4.00. The SMILES string of the molecule is CCCCC#CSCC(Cl)c1ccccc1. The molecule has 0 fully saturated rings. The topological polar surface area (TPSA) is 0 Å². The third kappa shape index (κ3) is 5.49. The third-order valence-corrected chi connectivity index (χ3v) is 3.57. The van der Waals surface area contributed by atoms with Crippen molar-refractivity contribution in [2.45, 2.75) is 31.6 Å². The summed E-state index contributed by atoms with van der Waals surface area (Å²) >= 11 is 7.87. The second-order valence-corrected chi connectivity index (χ2v) is 4.92. The van der Waals surface area contributed by atoms with Gasteiger partial charge in [-0.2, -0.15) is 0 Å². The zero-order valence-corrected chi connectivity index (χ0v) is 11.2. The van der Waals surface area contributed by atoms with E-state index in [9.17, 15) is 0 Å². The van der Waals surface area contributed by atoms with Crippen molar-refractivity contribution in [3.05, 3.63) is 35.9 Å². The molecule has 0 nitrogen and oxygen atoms in total. The highest BCUT2D eigenvalue weighted by Crippen LogP contribution is 2.23. The van der Waals surface area contributed by atoms with Gasteiger partial charge in [-0.3, -0.25) is 0 Å². The van der Waals surface area contributed by atoms with Crippen LogP contribution in [0.3, 0.4) is 0 Å². The first-order valence-electron chi connectivity index (χ1n) is 5.63. The molecule has 0 aromatic heterocycles. The predicted octanol–water partition coefficient (Wildman–Crippen LogP) is 4.85. The van der Waals surface area contributed by atoms with E-state index in [1.54, 1.807) is 11.8 Å². The maximum atomic E-state index is 6.26. The van der Waals surface area contributed by atoms with E-state index < -0.39 is 0 Å². The van der Waals surface area contributed by atoms with Crippen molar-refractivity contribution in [2.24, 2.45) is 0 Å². The Kier molecular flexibility index (Phi) is 7.21. The van der Waals surface area contributed by atoms with Crippen molar-refractivity contribution in [3.63, 3.8) is 0 Å². The zero-order chi connectivity index (χ0) is 11.6. The minimum Gasteiger partial charge on any atom is -0.117 e. The number of halogens is 1. The number of hydrogen-bond acceptors (Lipinski definition) is 1. The molecule has 0 aliphatic carbocycles. The van der Waals surface area contributed by atoms with E-state index in [0.717, 1.165) is 12.2 Å². The van der Waals surface area contributed by atoms with Gasteiger partial charge in [-0.15, -0.1) is 11.6 Å².